The number of rotatable bonds is 7. The predicted molar refractivity (Wildman–Crippen MR) is 118 cm³/mol. The number of carbonyl (C=O) groups is 1. The van der Waals surface area contributed by atoms with Gasteiger partial charge in [-0.2, -0.15) is 4.39 Å². The molecule has 2 aromatic rings. The highest BCUT2D eigenvalue weighted by Crippen LogP contribution is 2.38. The summed E-state index contributed by atoms with van der Waals surface area (Å²) >= 11 is 0. The van der Waals surface area contributed by atoms with Crippen LogP contribution in [0, 0.1) is 11.2 Å². The normalized spacial score (nSPS) is 18.0. The first-order valence-corrected chi connectivity index (χ1v) is 10.7. The van der Waals surface area contributed by atoms with Crippen LogP contribution >= 0.6 is 0 Å². The molecule has 0 bridgehead atoms. The maximum atomic E-state index is 15.4. The molecule has 1 amide bonds. The van der Waals surface area contributed by atoms with E-state index in [0.29, 0.717) is 13.0 Å². The van der Waals surface area contributed by atoms with E-state index in [9.17, 15) is 13.6 Å². The molecule has 2 unspecified atom stereocenters. The zero-order valence-corrected chi connectivity index (χ0v) is 18.8. The molecule has 0 aliphatic carbocycles. The first kappa shape index (κ1) is 23.8. The lowest BCUT2D eigenvalue weighted by Crippen LogP contribution is -2.39. The van der Waals surface area contributed by atoms with Crippen LogP contribution in [0.4, 0.5) is 24.8 Å². The van der Waals surface area contributed by atoms with Crippen LogP contribution in [-0.2, 0) is 10.7 Å². The molecule has 1 aromatic heterocycles. The van der Waals surface area contributed by atoms with Crippen LogP contribution in [-0.4, -0.2) is 28.5 Å². The highest BCUT2D eigenvalue weighted by molar-refractivity contribution is 5.82. The number of nitrogens with zero attached hydrogens (tertiary/aromatic N) is 3. The number of nitrogens with one attached hydrogen (secondary N) is 1. The maximum Gasteiger partial charge on any atom is 0.270 e. The summed E-state index contributed by atoms with van der Waals surface area (Å²) in [6.45, 7) is 7.29. The van der Waals surface area contributed by atoms with Crippen LogP contribution in [0.5, 0.6) is 0 Å². The third-order valence-electron chi connectivity index (χ3n) is 5.57. The van der Waals surface area contributed by atoms with Gasteiger partial charge in [-0.05, 0) is 30.2 Å². The Bertz CT molecular complexity index is 954. The molecule has 2 heterocycles. The number of amides is 1. The van der Waals surface area contributed by atoms with E-state index in [1.807, 2.05) is 25.7 Å². The lowest BCUT2D eigenvalue weighted by molar-refractivity contribution is -0.119. The lowest BCUT2D eigenvalue weighted by Gasteiger charge is -2.28. The van der Waals surface area contributed by atoms with Gasteiger partial charge >= 0.3 is 0 Å². The van der Waals surface area contributed by atoms with Crippen molar-refractivity contribution in [3.8, 4) is 0 Å². The van der Waals surface area contributed by atoms with E-state index in [1.54, 1.807) is 12.1 Å². The number of primary amides is 1. The van der Waals surface area contributed by atoms with Crippen molar-refractivity contribution in [1.29, 1.82) is 0 Å². The van der Waals surface area contributed by atoms with Gasteiger partial charge in [0.25, 0.3) is 5.92 Å². The molecule has 174 valence electrons. The number of alkyl halides is 2. The molecule has 6 nitrogen and oxygen atoms in total. The summed E-state index contributed by atoms with van der Waals surface area (Å²) in [5, 5.41) is 2.84. The molecule has 0 radical (unpaired) electrons. The summed E-state index contributed by atoms with van der Waals surface area (Å²) < 4.78 is 42.5. The summed E-state index contributed by atoms with van der Waals surface area (Å²) in [5.41, 5.74) is 6.05. The van der Waals surface area contributed by atoms with Crippen LogP contribution in [0.25, 0.3) is 0 Å². The number of anilines is 2. The number of benzene rings is 1. The van der Waals surface area contributed by atoms with E-state index < -0.39 is 23.7 Å². The van der Waals surface area contributed by atoms with E-state index in [0.717, 1.165) is 25.3 Å². The van der Waals surface area contributed by atoms with Crippen molar-refractivity contribution in [1.82, 2.24) is 9.97 Å². The van der Waals surface area contributed by atoms with Gasteiger partial charge in [0, 0.05) is 19.0 Å². The monoisotopic (exact) mass is 449 g/mol. The Morgan fingerprint density at radius 2 is 1.88 bits per heavy atom. The van der Waals surface area contributed by atoms with Crippen LogP contribution < -0.4 is 16.0 Å². The van der Waals surface area contributed by atoms with Crippen LogP contribution in [0.3, 0.4) is 0 Å². The largest absolute Gasteiger partial charge is 0.368 e. The van der Waals surface area contributed by atoms with E-state index in [2.05, 4.69) is 15.3 Å². The number of halogens is 3. The zero-order chi connectivity index (χ0) is 23.7. The van der Waals surface area contributed by atoms with Crippen molar-refractivity contribution in [2.24, 2.45) is 11.1 Å². The van der Waals surface area contributed by atoms with Crippen LogP contribution in [0.1, 0.15) is 64.1 Å². The summed E-state index contributed by atoms with van der Waals surface area (Å²) in [4.78, 5) is 21.8. The maximum absolute atomic E-state index is 15.4. The number of carbonyl (C=O) groups excluding carboxylic acids is 1. The van der Waals surface area contributed by atoms with Gasteiger partial charge in [-0.3, -0.25) is 4.79 Å². The van der Waals surface area contributed by atoms with Gasteiger partial charge in [-0.15, -0.1) is 0 Å². The highest BCUT2D eigenvalue weighted by atomic mass is 19.3. The minimum Gasteiger partial charge on any atom is -0.368 e. The first-order chi connectivity index (χ1) is 14.9. The summed E-state index contributed by atoms with van der Waals surface area (Å²) in [6.07, 6.45) is 3.19. The fourth-order valence-corrected chi connectivity index (χ4v) is 4.03. The summed E-state index contributed by atoms with van der Waals surface area (Å²) in [5.74, 6) is -4.16. The van der Waals surface area contributed by atoms with Crippen molar-refractivity contribution in [3.63, 3.8) is 0 Å². The van der Waals surface area contributed by atoms with Gasteiger partial charge < -0.3 is 16.0 Å². The molecule has 1 fully saturated rings. The average Bonchev–Trinajstić information content (AvgIpc) is 3.17. The molecule has 1 aliphatic rings. The predicted octanol–water partition coefficient (Wildman–Crippen LogP) is 4.77. The number of aromatic nitrogens is 2. The number of hydrogen-bond acceptors (Lipinski definition) is 5. The zero-order valence-electron chi connectivity index (χ0n) is 18.8. The second kappa shape index (κ2) is 8.96. The van der Waals surface area contributed by atoms with Crippen molar-refractivity contribution in [2.75, 3.05) is 16.8 Å². The summed E-state index contributed by atoms with van der Waals surface area (Å²) in [6, 6.07) is 5.12. The Balaban J connectivity index is 1.87. The molecule has 1 saturated heterocycles. The summed E-state index contributed by atoms with van der Waals surface area (Å²) in [7, 11) is 0. The Morgan fingerprint density at radius 1 is 1.22 bits per heavy atom. The Labute approximate surface area is 186 Å². The molecule has 1 aliphatic heterocycles. The first-order valence-electron chi connectivity index (χ1n) is 10.7. The van der Waals surface area contributed by atoms with Gasteiger partial charge in [-0.25, -0.2) is 18.7 Å². The van der Waals surface area contributed by atoms with Crippen molar-refractivity contribution in [3.05, 3.63) is 47.5 Å². The second-order valence-corrected chi connectivity index (χ2v) is 9.59. The molecule has 2 atom stereocenters. The average molecular weight is 450 g/mol. The van der Waals surface area contributed by atoms with Gasteiger partial charge in [0.15, 0.2) is 11.6 Å². The van der Waals surface area contributed by atoms with E-state index in [4.69, 9.17) is 5.73 Å². The second-order valence-electron chi connectivity index (χ2n) is 9.59. The van der Waals surface area contributed by atoms with Crippen molar-refractivity contribution >= 4 is 17.5 Å². The quantitative estimate of drug-likeness (QED) is 0.636. The molecule has 3 rings (SSSR count). The highest BCUT2D eigenvalue weighted by Gasteiger charge is 2.32. The third-order valence-corrected chi connectivity index (χ3v) is 5.57. The molecular formula is C23H30F3N5O. The Morgan fingerprint density at radius 3 is 2.44 bits per heavy atom. The lowest BCUT2D eigenvalue weighted by atomic mass is 9.88. The topological polar surface area (TPSA) is 84.1 Å². The number of hydrogen-bond donors (Lipinski definition) is 2. The van der Waals surface area contributed by atoms with Gasteiger partial charge in [-0.1, -0.05) is 45.0 Å². The van der Waals surface area contributed by atoms with Gasteiger partial charge in [0.1, 0.15) is 12.4 Å². The SMILES string of the molecule is CC(C)(C)CC(Nc1ncnc(N2CCCC2c2ccc(C(C)(F)F)cc2)c1F)C(N)=O. The molecule has 0 spiro atoms. The fraction of sp³-hybridized carbons (Fsp3) is 0.522. The molecular weight excluding hydrogens is 419 g/mol. The van der Waals surface area contributed by atoms with E-state index >= 15 is 4.39 Å². The van der Waals surface area contributed by atoms with Crippen molar-refractivity contribution < 1.29 is 18.0 Å². The smallest absolute Gasteiger partial charge is 0.270 e. The van der Waals surface area contributed by atoms with Crippen molar-refractivity contribution in [2.45, 2.75) is 65.0 Å². The van der Waals surface area contributed by atoms with Crippen LogP contribution in [0.2, 0.25) is 0 Å². The number of nitrogens with two attached hydrogens (primary N) is 1. The van der Waals surface area contributed by atoms with Crippen LogP contribution in [0.15, 0.2) is 30.6 Å². The van der Waals surface area contributed by atoms with E-state index in [1.165, 1.54) is 18.5 Å². The Kier molecular flexibility index (Phi) is 6.67. The molecule has 3 N–H and O–H groups in total. The third kappa shape index (κ3) is 5.49. The minimum absolute atomic E-state index is 0.0677. The van der Waals surface area contributed by atoms with Gasteiger partial charge in [0.2, 0.25) is 11.7 Å². The minimum atomic E-state index is -2.92. The molecule has 0 saturated carbocycles. The van der Waals surface area contributed by atoms with Gasteiger partial charge in [0.05, 0.1) is 6.04 Å². The molecule has 1 aromatic carbocycles. The van der Waals surface area contributed by atoms with E-state index in [-0.39, 0.29) is 28.7 Å². The molecule has 32 heavy (non-hydrogen) atoms. The Hall–Kier alpha value is -2.84. The fourth-order valence-electron chi connectivity index (χ4n) is 4.03. The standard InChI is InChI=1S/C23H30F3N5O/c1-22(2,3)12-16(19(27)32)30-20-18(24)21(29-13-28-20)31-11-5-6-17(31)14-7-9-15(10-8-14)23(4,25)26/h7-10,13,16-17H,5-6,11-12H2,1-4H3,(H2,27,32)(H,28,29,30). The molecule has 9 heteroatoms.